The molecule has 1 aliphatic rings. The summed E-state index contributed by atoms with van der Waals surface area (Å²) in [4.78, 5) is 26.3. The van der Waals surface area contributed by atoms with E-state index in [1.807, 2.05) is 60.7 Å². The summed E-state index contributed by atoms with van der Waals surface area (Å²) in [5.41, 5.74) is 0.834. The standard InChI is InChI=1S/C21H25N3O3/c25-19(23-18-10-5-2-6-11-18)21(12-7-13-22-15-21)16-24(20(26)27)14-17-8-3-1-4-9-17/h1-6,8-11,22H,7,12-16H2,(H,23,25)(H,26,27). The Morgan fingerprint density at radius 2 is 1.74 bits per heavy atom. The molecule has 1 atom stereocenters. The van der Waals surface area contributed by atoms with Crippen LogP contribution in [0.15, 0.2) is 60.7 Å². The van der Waals surface area contributed by atoms with Crippen molar-refractivity contribution in [2.24, 2.45) is 5.41 Å². The Hall–Kier alpha value is -2.86. The van der Waals surface area contributed by atoms with Crippen LogP contribution in [0.2, 0.25) is 0 Å². The van der Waals surface area contributed by atoms with E-state index in [0.29, 0.717) is 13.0 Å². The van der Waals surface area contributed by atoms with Crippen LogP contribution in [0.4, 0.5) is 10.5 Å². The van der Waals surface area contributed by atoms with Crippen molar-refractivity contribution < 1.29 is 14.7 Å². The predicted octanol–water partition coefficient (Wildman–Crippen LogP) is 3.18. The van der Waals surface area contributed by atoms with Gasteiger partial charge in [-0.25, -0.2) is 4.79 Å². The third-order valence-corrected chi connectivity index (χ3v) is 4.97. The van der Waals surface area contributed by atoms with Gasteiger partial charge in [0.1, 0.15) is 0 Å². The summed E-state index contributed by atoms with van der Waals surface area (Å²) in [6.07, 6.45) is 0.467. The van der Waals surface area contributed by atoms with Gasteiger partial charge in [-0.15, -0.1) is 0 Å². The Morgan fingerprint density at radius 1 is 1.07 bits per heavy atom. The first-order valence-electron chi connectivity index (χ1n) is 9.18. The molecule has 0 radical (unpaired) electrons. The fourth-order valence-electron chi connectivity index (χ4n) is 3.51. The molecule has 2 aromatic carbocycles. The van der Waals surface area contributed by atoms with E-state index in [4.69, 9.17) is 0 Å². The van der Waals surface area contributed by atoms with Gasteiger partial charge in [0, 0.05) is 25.3 Å². The SMILES string of the molecule is O=C(O)N(Cc1ccccc1)CC1(C(=O)Nc2ccccc2)CCCNC1. The van der Waals surface area contributed by atoms with Crippen LogP contribution in [-0.2, 0) is 11.3 Å². The molecule has 3 N–H and O–H groups in total. The number of para-hydroxylation sites is 1. The molecule has 0 spiro atoms. The highest BCUT2D eigenvalue weighted by Gasteiger charge is 2.42. The van der Waals surface area contributed by atoms with Crippen LogP contribution in [0.3, 0.4) is 0 Å². The smallest absolute Gasteiger partial charge is 0.407 e. The maximum absolute atomic E-state index is 13.1. The zero-order valence-electron chi connectivity index (χ0n) is 15.2. The fourth-order valence-corrected chi connectivity index (χ4v) is 3.51. The van der Waals surface area contributed by atoms with Crippen LogP contribution in [0.5, 0.6) is 0 Å². The van der Waals surface area contributed by atoms with Gasteiger partial charge in [-0.3, -0.25) is 4.79 Å². The van der Waals surface area contributed by atoms with E-state index < -0.39 is 11.5 Å². The number of nitrogens with zero attached hydrogens (tertiary/aromatic N) is 1. The van der Waals surface area contributed by atoms with Crippen LogP contribution in [0.1, 0.15) is 18.4 Å². The summed E-state index contributed by atoms with van der Waals surface area (Å²) < 4.78 is 0. The van der Waals surface area contributed by atoms with E-state index in [2.05, 4.69) is 10.6 Å². The first-order chi connectivity index (χ1) is 13.1. The summed E-state index contributed by atoms with van der Waals surface area (Å²) in [5.74, 6) is -0.139. The average molecular weight is 367 g/mol. The summed E-state index contributed by atoms with van der Waals surface area (Å²) in [5, 5.41) is 16.0. The highest BCUT2D eigenvalue weighted by Crippen LogP contribution is 2.30. The van der Waals surface area contributed by atoms with Crippen molar-refractivity contribution >= 4 is 17.7 Å². The van der Waals surface area contributed by atoms with Crippen molar-refractivity contribution in [1.29, 1.82) is 0 Å². The summed E-state index contributed by atoms with van der Waals surface area (Å²) in [6, 6.07) is 18.7. The van der Waals surface area contributed by atoms with E-state index >= 15 is 0 Å². The number of carbonyl (C=O) groups excluding carboxylic acids is 1. The molecule has 0 aromatic heterocycles. The fraction of sp³-hybridized carbons (Fsp3) is 0.333. The third kappa shape index (κ3) is 4.86. The van der Waals surface area contributed by atoms with E-state index in [-0.39, 0.29) is 19.0 Å². The van der Waals surface area contributed by atoms with E-state index in [1.165, 1.54) is 4.90 Å². The molecule has 1 aliphatic heterocycles. The molecular weight excluding hydrogens is 342 g/mol. The Kier molecular flexibility index (Phi) is 6.08. The minimum atomic E-state index is -1.02. The Bertz CT molecular complexity index is 759. The topological polar surface area (TPSA) is 81.7 Å². The van der Waals surface area contributed by atoms with Gasteiger partial charge >= 0.3 is 6.09 Å². The van der Waals surface area contributed by atoms with Crippen LogP contribution >= 0.6 is 0 Å². The van der Waals surface area contributed by atoms with Gasteiger partial charge in [-0.1, -0.05) is 48.5 Å². The second-order valence-electron chi connectivity index (χ2n) is 7.01. The highest BCUT2D eigenvalue weighted by molar-refractivity contribution is 5.96. The number of piperidine rings is 1. The molecule has 1 heterocycles. The molecule has 6 heteroatoms. The number of carboxylic acid groups (broad SMARTS) is 1. The molecule has 1 saturated heterocycles. The lowest BCUT2D eigenvalue weighted by Crippen LogP contribution is -2.54. The van der Waals surface area contributed by atoms with Crippen molar-refractivity contribution in [2.75, 3.05) is 25.0 Å². The van der Waals surface area contributed by atoms with Crippen molar-refractivity contribution in [1.82, 2.24) is 10.2 Å². The number of anilines is 1. The van der Waals surface area contributed by atoms with Gasteiger partial charge < -0.3 is 20.6 Å². The molecule has 6 nitrogen and oxygen atoms in total. The van der Waals surface area contributed by atoms with Crippen LogP contribution in [-0.4, -0.2) is 41.6 Å². The van der Waals surface area contributed by atoms with Crippen LogP contribution < -0.4 is 10.6 Å². The number of carbonyl (C=O) groups is 2. The van der Waals surface area contributed by atoms with E-state index in [0.717, 1.165) is 24.2 Å². The number of benzene rings is 2. The lowest BCUT2D eigenvalue weighted by atomic mass is 9.79. The summed E-state index contributed by atoms with van der Waals surface area (Å²) in [7, 11) is 0. The Labute approximate surface area is 159 Å². The largest absolute Gasteiger partial charge is 0.465 e. The van der Waals surface area contributed by atoms with Crippen molar-refractivity contribution in [3.63, 3.8) is 0 Å². The zero-order chi connectivity index (χ0) is 19.1. The van der Waals surface area contributed by atoms with Gasteiger partial charge in [0.15, 0.2) is 0 Å². The molecule has 0 aliphatic carbocycles. The lowest BCUT2D eigenvalue weighted by molar-refractivity contribution is -0.127. The molecule has 2 amide bonds. The van der Waals surface area contributed by atoms with Gasteiger partial charge in [-0.2, -0.15) is 0 Å². The van der Waals surface area contributed by atoms with Gasteiger partial charge in [0.05, 0.1) is 5.41 Å². The minimum Gasteiger partial charge on any atom is -0.465 e. The van der Waals surface area contributed by atoms with Crippen molar-refractivity contribution in [2.45, 2.75) is 19.4 Å². The Balaban J connectivity index is 1.79. The maximum atomic E-state index is 13.1. The first-order valence-corrected chi connectivity index (χ1v) is 9.18. The number of amides is 2. The molecule has 27 heavy (non-hydrogen) atoms. The zero-order valence-corrected chi connectivity index (χ0v) is 15.2. The van der Waals surface area contributed by atoms with Crippen molar-refractivity contribution in [3.05, 3.63) is 66.2 Å². The summed E-state index contributed by atoms with van der Waals surface area (Å²) >= 11 is 0. The molecule has 0 bridgehead atoms. The van der Waals surface area contributed by atoms with Crippen LogP contribution in [0.25, 0.3) is 0 Å². The molecule has 0 saturated carbocycles. The maximum Gasteiger partial charge on any atom is 0.407 e. The van der Waals surface area contributed by atoms with Crippen molar-refractivity contribution in [3.8, 4) is 0 Å². The third-order valence-electron chi connectivity index (χ3n) is 4.97. The number of nitrogens with one attached hydrogen (secondary N) is 2. The predicted molar refractivity (Wildman–Crippen MR) is 104 cm³/mol. The molecular formula is C21H25N3O3. The Morgan fingerprint density at radius 3 is 2.33 bits per heavy atom. The molecule has 1 fully saturated rings. The molecule has 2 aromatic rings. The normalized spacial score (nSPS) is 19.3. The summed E-state index contributed by atoms with van der Waals surface area (Å²) in [6.45, 7) is 1.72. The number of rotatable bonds is 6. The second-order valence-corrected chi connectivity index (χ2v) is 7.01. The first kappa shape index (κ1) is 18.9. The molecule has 142 valence electrons. The van der Waals surface area contributed by atoms with Gasteiger partial charge in [-0.05, 0) is 37.1 Å². The second kappa shape index (κ2) is 8.68. The monoisotopic (exact) mass is 367 g/mol. The highest BCUT2D eigenvalue weighted by atomic mass is 16.4. The lowest BCUT2D eigenvalue weighted by Gasteiger charge is -2.39. The molecule has 1 unspecified atom stereocenters. The quantitative estimate of drug-likeness (QED) is 0.732. The minimum absolute atomic E-state index is 0.139. The number of hydrogen-bond donors (Lipinski definition) is 3. The van der Waals surface area contributed by atoms with E-state index in [9.17, 15) is 14.7 Å². The van der Waals surface area contributed by atoms with Gasteiger partial charge in [0.2, 0.25) is 5.91 Å². The van der Waals surface area contributed by atoms with Crippen LogP contribution in [0, 0.1) is 5.41 Å². The van der Waals surface area contributed by atoms with E-state index in [1.54, 1.807) is 0 Å². The number of hydrogen-bond acceptors (Lipinski definition) is 3. The average Bonchev–Trinajstić information content (AvgIpc) is 2.69. The molecule has 3 rings (SSSR count). The van der Waals surface area contributed by atoms with Gasteiger partial charge in [0.25, 0.3) is 0 Å².